The standard InChI is InChI=1S/C14H15F2N3O4S/c1-8-14(9(2)23-18-8)24(21,22)19(3)7-13(20)17-10-4-5-11(15)12(16)6-10/h4-6H,7H2,1-3H3,(H,17,20). The molecule has 1 heterocycles. The first-order chi connectivity index (χ1) is 11.1. The van der Waals surface area contributed by atoms with Gasteiger partial charge in [-0.2, -0.15) is 4.31 Å². The highest BCUT2D eigenvalue weighted by Gasteiger charge is 2.29. The van der Waals surface area contributed by atoms with Gasteiger partial charge in [-0.15, -0.1) is 0 Å². The molecule has 130 valence electrons. The second-order valence-corrected chi connectivity index (χ2v) is 7.07. The Morgan fingerprint density at radius 1 is 1.29 bits per heavy atom. The predicted octanol–water partition coefficient (Wildman–Crippen LogP) is 1.83. The maximum atomic E-state index is 13.1. The number of hydrogen-bond acceptors (Lipinski definition) is 5. The Morgan fingerprint density at radius 3 is 2.50 bits per heavy atom. The fourth-order valence-corrected chi connectivity index (χ4v) is 3.47. The first kappa shape index (κ1) is 18.0. The number of amides is 1. The van der Waals surface area contributed by atoms with Crippen LogP contribution < -0.4 is 5.32 Å². The lowest BCUT2D eigenvalue weighted by Gasteiger charge is -2.16. The number of carbonyl (C=O) groups excluding carboxylic acids is 1. The Morgan fingerprint density at radius 2 is 1.96 bits per heavy atom. The Balaban J connectivity index is 2.12. The average Bonchev–Trinajstić information content (AvgIpc) is 2.82. The molecule has 7 nitrogen and oxygen atoms in total. The van der Waals surface area contributed by atoms with Gasteiger partial charge in [-0.25, -0.2) is 17.2 Å². The largest absolute Gasteiger partial charge is 0.360 e. The van der Waals surface area contributed by atoms with Crippen molar-refractivity contribution in [3.63, 3.8) is 0 Å². The van der Waals surface area contributed by atoms with E-state index in [-0.39, 0.29) is 22.0 Å². The highest BCUT2D eigenvalue weighted by atomic mass is 32.2. The van der Waals surface area contributed by atoms with Crippen LogP contribution in [0.1, 0.15) is 11.5 Å². The number of nitrogens with zero attached hydrogens (tertiary/aromatic N) is 2. The molecule has 1 amide bonds. The minimum absolute atomic E-state index is 0.0158. The maximum Gasteiger partial charge on any atom is 0.248 e. The molecule has 0 atom stereocenters. The molecule has 0 radical (unpaired) electrons. The molecule has 1 N–H and O–H groups in total. The van der Waals surface area contributed by atoms with E-state index in [1.807, 2.05) is 0 Å². The van der Waals surface area contributed by atoms with Crippen LogP contribution in [-0.2, 0) is 14.8 Å². The van der Waals surface area contributed by atoms with Gasteiger partial charge in [0.05, 0.1) is 6.54 Å². The lowest BCUT2D eigenvalue weighted by Crippen LogP contribution is -2.35. The van der Waals surface area contributed by atoms with Crippen molar-refractivity contribution < 1.29 is 26.5 Å². The van der Waals surface area contributed by atoms with Gasteiger partial charge in [0.15, 0.2) is 17.4 Å². The summed E-state index contributed by atoms with van der Waals surface area (Å²) in [6.07, 6.45) is 0. The molecule has 0 fully saturated rings. The van der Waals surface area contributed by atoms with Crippen molar-refractivity contribution in [1.82, 2.24) is 9.46 Å². The molecule has 0 spiro atoms. The summed E-state index contributed by atoms with van der Waals surface area (Å²) in [6.45, 7) is 2.39. The van der Waals surface area contributed by atoms with E-state index >= 15 is 0 Å². The molecule has 0 aliphatic rings. The molecule has 0 saturated carbocycles. The van der Waals surface area contributed by atoms with Crippen LogP contribution in [0.2, 0.25) is 0 Å². The third kappa shape index (κ3) is 3.60. The van der Waals surface area contributed by atoms with Crippen molar-refractivity contribution >= 4 is 21.6 Å². The van der Waals surface area contributed by atoms with Crippen LogP contribution in [0.15, 0.2) is 27.6 Å². The Bertz CT molecular complexity index is 861. The molecule has 0 aliphatic heterocycles. The summed E-state index contributed by atoms with van der Waals surface area (Å²) < 4.78 is 56.5. The van der Waals surface area contributed by atoms with Gasteiger partial charge in [0.25, 0.3) is 0 Å². The summed E-state index contributed by atoms with van der Waals surface area (Å²) >= 11 is 0. The number of rotatable bonds is 5. The van der Waals surface area contributed by atoms with Crippen LogP contribution in [0.4, 0.5) is 14.5 Å². The van der Waals surface area contributed by atoms with Gasteiger partial charge >= 0.3 is 0 Å². The van der Waals surface area contributed by atoms with E-state index in [9.17, 15) is 22.0 Å². The van der Waals surface area contributed by atoms with Crippen LogP contribution in [0.3, 0.4) is 0 Å². The maximum absolute atomic E-state index is 13.1. The summed E-state index contributed by atoms with van der Waals surface area (Å²) in [5.41, 5.74) is 0.197. The summed E-state index contributed by atoms with van der Waals surface area (Å²) in [5, 5.41) is 5.87. The third-order valence-corrected chi connectivity index (χ3v) is 5.25. The molecule has 0 unspecified atom stereocenters. The van der Waals surface area contributed by atoms with Gasteiger partial charge in [0.1, 0.15) is 10.6 Å². The van der Waals surface area contributed by atoms with E-state index in [2.05, 4.69) is 10.5 Å². The Kier molecular flexibility index (Phi) is 4.99. The van der Waals surface area contributed by atoms with Gasteiger partial charge in [-0.05, 0) is 26.0 Å². The topological polar surface area (TPSA) is 92.5 Å². The monoisotopic (exact) mass is 359 g/mol. The summed E-state index contributed by atoms with van der Waals surface area (Å²) in [7, 11) is -2.76. The van der Waals surface area contributed by atoms with Crippen molar-refractivity contribution in [2.45, 2.75) is 18.7 Å². The fraction of sp³-hybridized carbons (Fsp3) is 0.286. The zero-order valence-corrected chi connectivity index (χ0v) is 13.9. The van der Waals surface area contributed by atoms with Crippen LogP contribution in [0.5, 0.6) is 0 Å². The minimum Gasteiger partial charge on any atom is -0.360 e. The van der Waals surface area contributed by atoms with E-state index in [4.69, 9.17) is 4.52 Å². The summed E-state index contributed by atoms with van der Waals surface area (Å²) in [6, 6.07) is 2.82. The molecule has 0 aliphatic carbocycles. The van der Waals surface area contributed by atoms with Crippen LogP contribution in [0, 0.1) is 25.5 Å². The molecule has 0 saturated heterocycles. The second-order valence-electron chi connectivity index (χ2n) is 5.09. The lowest BCUT2D eigenvalue weighted by atomic mass is 10.3. The molecule has 2 aromatic rings. The van der Waals surface area contributed by atoms with Gasteiger partial charge in [0, 0.05) is 18.8 Å². The number of carbonyl (C=O) groups is 1. The second kappa shape index (κ2) is 6.65. The number of nitrogens with one attached hydrogen (secondary N) is 1. The van der Waals surface area contributed by atoms with Crippen LogP contribution in [0.25, 0.3) is 0 Å². The molecule has 1 aromatic heterocycles. The number of anilines is 1. The van der Waals surface area contributed by atoms with Crippen molar-refractivity contribution in [3.8, 4) is 0 Å². The normalized spacial score (nSPS) is 11.8. The van der Waals surface area contributed by atoms with Crippen LogP contribution in [-0.4, -0.2) is 37.4 Å². The number of benzene rings is 1. The van der Waals surface area contributed by atoms with Gasteiger partial charge in [-0.3, -0.25) is 4.79 Å². The number of hydrogen-bond donors (Lipinski definition) is 1. The van der Waals surface area contributed by atoms with Crippen LogP contribution >= 0.6 is 0 Å². The molecule has 1 aromatic carbocycles. The molecule has 0 bridgehead atoms. The third-order valence-electron chi connectivity index (χ3n) is 3.21. The van der Waals surface area contributed by atoms with E-state index in [1.54, 1.807) is 0 Å². The minimum atomic E-state index is -3.98. The number of aromatic nitrogens is 1. The molecule has 2 rings (SSSR count). The number of sulfonamides is 1. The quantitative estimate of drug-likeness (QED) is 0.879. The zero-order chi connectivity index (χ0) is 18.1. The summed E-state index contributed by atoms with van der Waals surface area (Å²) in [5.74, 6) is -2.77. The molecular weight excluding hydrogens is 344 g/mol. The van der Waals surface area contributed by atoms with Crippen molar-refractivity contribution in [2.75, 3.05) is 18.9 Å². The first-order valence-electron chi connectivity index (χ1n) is 6.77. The predicted molar refractivity (Wildman–Crippen MR) is 80.8 cm³/mol. The van der Waals surface area contributed by atoms with E-state index in [0.29, 0.717) is 0 Å². The van der Waals surface area contributed by atoms with E-state index < -0.39 is 34.1 Å². The number of aryl methyl sites for hydroxylation is 2. The van der Waals surface area contributed by atoms with E-state index in [0.717, 1.165) is 16.4 Å². The molecular formula is C14H15F2N3O4S. The zero-order valence-electron chi connectivity index (χ0n) is 13.1. The van der Waals surface area contributed by atoms with Gasteiger partial charge in [0.2, 0.25) is 15.9 Å². The van der Waals surface area contributed by atoms with E-state index in [1.165, 1.54) is 27.0 Å². The van der Waals surface area contributed by atoms with Crippen molar-refractivity contribution in [1.29, 1.82) is 0 Å². The first-order valence-corrected chi connectivity index (χ1v) is 8.21. The highest BCUT2D eigenvalue weighted by Crippen LogP contribution is 2.22. The smallest absolute Gasteiger partial charge is 0.248 e. The van der Waals surface area contributed by atoms with Crippen molar-refractivity contribution in [2.24, 2.45) is 0 Å². The van der Waals surface area contributed by atoms with Gasteiger partial charge in [-0.1, -0.05) is 5.16 Å². The molecule has 10 heteroatoms. The van der Waals surface area contributed by atoms with Crippen molar-refractivity contribution in [3.05, 3.63) is 41.3 Å². The summed E-state index contributed by atoms with van der Waals surface area (Å²) in [4.78, 5) is 11.8. The Labute approximate surface area is 137 Å². The SMILES string of the molecule is Cc1noc(C)c1S(=O)(=O)N(C)CC(=O)Nc1ccc(F)c(F)c1. The molecule has 24 heavy (non-hydrogen) atoms. The fourth-order valence-electron chi connectivity index (χ4n) is 2.06. The average molecular weight is 359 g/mol. The lowest BCUT2D eigenvalue weighted by molar-refractivity contribution is -0.116. The highest BCUT2D eigenvalue weighted by molar-refractivity contribution is 7.89. The number of halogens is 2. The Hall–Kier alpha value is -2.33. The number of likely N-dealkylation sites (N-methyl/N-ethyl adjacent to an activating group) is 1. The van der Waals surface area contributed by atoms with Gasteiger partial charge < -0.3 is 9.84 Å².